The van der Waals surface area contributed by atoms with Crippen LogP contribution in [0.1, 0.15) is 44.0 Å². The van der Waals surface area contributed by atoms with Gasteiger partial charge in [-0.25, -0.2) is 4.98 Å². The Kier molecular flexibility index (Phi) is 6.33. The van der Waals surface area contributed by atoms with Gasteiger partial charge in [0.1, 0.15) is 5.82 Å². The van der Waals surface area contributed by atoms with Crippen LogP contribution in [-0.2, 0) is 11.2 Å². The maximum absolute atomic E-state index is 11.5. The quantitative estimate of drug-likeness (QED) is 0.595. The highest BCUT2D eigenvalue weighted by Crippen LogP contribution is 2.26. The third-order valence-electron chi connectivity index (χ3n) is 4.31. The van der Waals surface area contributed by atoms with E-state index in [1.165, 1.54) is 24.9 Å². The first-order valence-electron chi connectivity index (χ1n) is 9.03. The molecule has 0 radical (unpaired) electrons. The summed E-state index contributed by atoms with van der Waals surface area (Å²) in [7, 11) is 0. The zero-order valence-electron chi connectivity index (χ0n) is 14.9. The molecule has 1 aromatic carbocycles. The fourth-order valence-corrected chi connectivity index (χ4v) is 3.71. The number of aliphatic carboxylic acids is 1. The van der Waals surface area contributed by atoms with Crippen molar-refractivity contribution in [3.05, 3.63) is 40.6 Å². The Morgan fingerprint density at radius 3 is 2.65 bits per heavy atom. The van der Waals surface area contributed by atoms with E-state index in [-0.39, 0.29) is 4.91 Å². The van der Waals surface area contributed by atoms with E-state index in [0.717, 1.165) is 49.1 Å². The molecule has 1 saturated heterocycles. The Hall–Kier alpha value is -2.28. The van der Waals surface area contributed by atoms with Gasteiger partial charge in [-0.05, 0) is 61.2 Å². The van der Waals surface area contributed by atoms with E-state index in [9.17, 15) is 9.90 Å². The monoisotopic (exact) mass is 371 g/mol. The Morgan fingerprint density at radius 1 is 1.27 bits per heavy atom. The number of aryl methyl sites for hydroxylation is 1. The number of carbonyl (C=O) groups excluding carboxylic acids is 1. The van der Waals surface area contributed by atoms with Crippen molar-refractivity contribution in [3.63, 3.8) is 0 Å². The second kappa shape index (κ2) is 8.89. The molecule has 1 aliphatic heterocycles. The Morgan fingerprint density at radius 2 is 2.00 bits per heavy atom. The Bertz CT molecular complexity index is 764. The average Bonchev–Trinajstić information content (AvgIpc) is 3.10. The van der Waals surface area contributed by atoms with Crippen LogP contribution in [0.25, 0.3) is 6.08 Å². The number of carboxylic acid groups (broad SMARTS) is 1. The van der Waals surface area contributed by atoms with E-state index < -0.39 is 5.97 Å². The van der Waals surface area contributed by atoms with Gasteiger partial charge in [-0.3, -0.25) is 5.10 Å². The molecule has 0 aliphatic carbocycles. The molecule has 1 aromatic heterocycles. The minimum atomic E-state index is -1.23. The molecule has 0 unspecified atom stereocenters. The summed E-state index contributed by atoms with van der Waals surface area (Å²) in [5.74, 6) is -0.462. The maximum atomic E-state index is 11.5. The van der Waals surface area contributed by atoms with E-state index in [1.54, 1.807) is 6.08 Å². The molecule has 1 aliphatic rings. The number of hydrogen-bond acceptors (Lipinski definition) is 6. The zero-order chi connectivity index (χ0) is 18.4. The number of aromatic nitrogens is 3. The second-order valence-electron chi connectivity index (χ2n) is 6.35. The SMILES string of the molecule is CCCc1nc(S/C(=C/c2ccc(N3CCCCC3)cc2)C(=O)[O-])n[nH]1. The van der Waals surface area contributed by atoms with Gasteiger partial charge >= 0.3 is 0 Å². The number of nitrogens with zero attached hydrogens (tertiary/aromatic N) is 3. The molecular weight excluding hydrogens is 348 g/mol. The van der Waals surface area contributed by atoms with Gasteiger partial charge in [-0.2, -0.15) is 0 Å². The number of hydrogen-bond donors (Lipinski definition) is 1. The summed E-state index contributed by atoms with van der Waals surface area (Å²) in [6.07, 6.45) is 7.09. The van der Waals surface area contributed by atoms with Crippen LogP contribution in [0.5, 0.6) is 0 Å². The molecule has 2 heterocycles. The first-order valence-corrected chi connectivity index (χ1v) is 9.84. The predicted molar refractivity (Wildman–Crippen MR) is 102 cm³/mol. The first kappa shape index (κ1) is 18.5. The lowest BCUT2D eigenvalue weighted by atomic mass is 10.1. The first-order chi connectivity index (χ1) is 12.7. The number of piperidine rings is 1. The van der Waals surface area contributed by atoms with Gasteiger partial charge in [0.05, 0.1) is 5.97 Å². The van der Waals surface area contributed by atoms with E-state index >= 15 is 0 Å². The molecule has 1 fully saturated rings. The van der Waals surface area contributed by atoms with Crippen molar-refractivity contribution < 1.29 is 9.90 Å². The van der Waals surface area contributed by atoms with Crippen molar-refractivity contribution in [2.75, 3.05) is 18.0 Å². The summed E-state index contributed by atoms with van der Waals surface area (Å²) >= 11 is 1.01. The highest BCUT2D eigenvalue weighted by molar-refractivity contribution is 8.04. The van der Waals surface area contributed by atoms with Gasteiger partial charge in [0.25, 0.3) is 0 Å². The van der Waals surface area contributed by atoms with E-state index in [4.69, 9.17) is 0 Å². The normalized spacial score (nSPS) is 15.3. The molecule has 138 valence electrons. The number of thioether (sulfide) groups is 1. The van der Waals surface area contributed by atoms with Crippen LogP contribution in [0.3, 0.4) is 0 Å². The molecule has 0 bridgehead atoms. The smallest absolute Gasteiger partial charge is 0.213 e. The highest BCUT2D eigenvalue weighted by atomic mass is 32.2. The van der Waals surface area contributed by atoms with Gasteiger partial charge in [-0.1, -0.05) is 19.1 Å². The van der Waals surface area contributed by atoms with Gasteiger partial charge in [-0.15, -0.1) is 5.10 Å². The topological polar surface area (TPSA) is 84.9 Å². The fraction of sp³-hybridized carbons (Fsp3) is 0.421. The van der Waals surface area contributed by atoms with Crippen LogP contribution in [-0.4, -0.2) is 34.2 Å². The third kappa shape index (κ3) is 4.88. The number of anilines is 1. The van der Waals surface area contributed by atoms with Crippen molar-refractivity contribution in [3.8, 4) is 0 Å². The number of carbonyl (C=O) groups is 1. The molecule has 3 rings (SSSR count). The summed E-state index contributed by atoms with van der Waals surface area (Å²) in [4.78, 5) is 18.2. The van der Waals surface area contributed by atoms with Crippen molar-refractivity contribution in [2.45, 2.75) is 44.2 Å². The van der Waals surface area contributed by atoms with E-state index in [1.807, 2.05) is 24.3 Å². The van der Waals surface area contributed by atoms with Crippen molar-refractivity contribution in [1.82, 2.24) is 15.2 Å². The lowest BCUT2D eigenvalue weighted by molar-refractivity contribution is -0.297. The molecule has 6 nitrogen and oxygen atoms in total. The maximum Gasteiger partial charge on any atom is 0.213 e. The molecule has 0 saturated carbocycles. The number of rotatable bonds is 7. The number of carboxylic acids is 1. The largest absolute Gasteiger partial charge is 0.544 e. The zero-order valence-corrected chi connectivity index (χ0v) is 15.7. The summed E-state index contributed by atoms with van der Waals surface area (Å²) in [6.45, 7) is 4.22. The van der Waals surface area contributed by atoms with Gasteiger partial charge in [0.2, 0.25) is 5.16 Å². The van der Waals surface area contributed by atoms with Crippen molar-refractivity contribution >= 4 is 29.5 Å². The summed E-state index contributed by atoms with van der Waals surface area (Å²) in [5.41, 5.74) is 2.00. The fourth-order valence-electron chi connectivity index (χ4n) is 2.99. The molecule has 1 N–H and O–H groups in total. The number of nitrogens with one attached hydrogen (secondary N) is 1. The van der Waals surface area contributed by atoms with E-state index in [0.29, 0.717) is 5.16 Å². The Balaban J connectivity index is 1.72. The number of benzene rings is 1. The molecule has 0 amide bonds. The van der Waals surface area contributed by atoms with Crippen LogP contribution in [0, 0.1) is 0 Å². The summed E-state index contributed by atoms with van der Waals surface area (Å²) in [6, 6.07) is 7.96. The highest BCUT2D eigenvalue weighted by Gasteiger charge is 2.11. The van der Waals surface area contributed by atoms with Gasteiger partial charge in [0.15, 0.2) is 0 Å². The van der Waals surface area contributed by atoms with Crippen LogP contribution < -0.4 is 10.0 Å². The average molecular weight is 371 g/mol. The molecule has 0 spiro atoms. The number of H-pyrrole nitrogens is 1. The molecular formula is C19H23N4O2S-. The van der Waals surface area contributed by atoms with E-state index in [2.05, 4.69) is 27.0 Å². The van der Waals surface area contributed by atoms with Crippen LogP contribution in [0.4, 0.5) is 5.69 Å². The lowest BCUT2D eigenvalue weighted by Gasteiger charge is -2.28. The molecule has 7 heteroatoms. The van der Waals surface area contributed by atoms with Crippen LogP contribution in [0.2, 0.25) is 0 Å². The molecule has 2 aromatic rings. The summed E-state index contributed by atoms with van der Waals surface area (Å²) < 4.78 is 0. The number of aromatic amines is 1. The standard InChI is InChI=1S/C19H24N4O2S/c1-2-6-17-20-19(22-21-17)26-16(18(24)25)13-14-7-9-15(10-8-14)23-11-4-3-5-12-23/h7-10,13H,2-6,11-12H2,1H3,(H,24,25)(H,20,21,22)/p-1/b16-13+. The van der Waals surface area contributed by atoms with Crippen LogP contribution >= 0.6 is 11.8 Å². The minimum Gasteiger partial charge on any atom is -0.544 e. The molecule has 0 atom stereocenters. The van der Waals surface area contributed by atoms with Crippen molar-refractivity contribution in [2.24, 2.45) is 0 Å². The van der Waals surface area contributed by atoms with Crippen molar-refractivity contribution in [1.29, 1.82) is 0 Å². The second-order valence-corrected chi connectivity index (χ2v) is 7.36. The van der Waals surface area contributed by atoms with Crippen LogP contribution in [0.15, 0.2) is 34.3 Å². The summed E-state index contributed by atoms with van der Waals surface area (Å²) in [5, 5.41) is 18.8. The van der Waals surface area contributed by atoms with Gasteiger partial charge < -0.3 is 14.8 Å². The third-order valence-corrected chi connectivity index (χ3v) is 5.18. The lowest BCUT2D eigenvalue weighted by Crippen LogP contribution is -2.29. The van der Waals surface area contributed by atoms with Gasteiger partial charge in [0, 0.05) is 30.1 Å². The minimum absolute atomic E-state index is 0.0952. The Labute approximate surface area is 157 Å². The predicted octanol–water partition coefficient (Wildman–Crippen LogP) is 2.63. The molecule has 26 heavy (non-hydrogen) atoms.